The summed E-state index contributed by atoms with van der Waals surface area (Å²) in [6.07, 6.45) is 2.42. The second kappa shape index (κ2) is 4.31. The summed E-state index contributed by atoms with van der Waals surface area (Å²) in [5, 5.41) is 7.29. The van der Waals surface area contributed by atoms with Crippen molar-refractivity contribution in [3.63, 3.8) is 0 Å². The van der Waals surface area contributed by atoms with Gasteiger partial charge in [-0.1, -0.05) is 20.8 Å². The van der Waals surface area contributed by atoms with E-state index in [0.717, 1.165) is 31.1 Å². The first kappa shape index (κ1) is 10.6. The zero-order chi connectivity index (χ0) is 10.8. The average Bonchev–Trinajstić information content (AvgIpc) is 2.85. The van der Waals surface area contributed by atoms with Crippen LogP contribution >= 0.6 is 0 Å². The van der Waals surface area contributed by atoms with Crippen molar-refractivity contribution in [2.45, 2.75) is 51.6 Å². The van der Waals surface area contributed by atoms with Crippen molar-refractivity contribution in [2.24, 2.45) is 0 Å². The van der Waals surface area contributed by atoms with Gasteiger partial charge in [-0.3, -0.25) is 5.10 Å². The lowest BCUT2D eigenvalue weighted by Crippen LogP contribution is -2.14. The summed E-state index contributed by atoms with van der Waals surface area (Å²) in [6.45, 7) is 7.22. The van der Waals surface area contributed by atoms with Crippen LogP contribution in [0, 0.1) is 0 Å². The van der Waals surface area contributed by atoms with Crippen LogP contribution in [0.5, 0.6) is 0 Å². The maximum absolute atomic E-state index is 5.65. The molecule has 1 aliphatic rings. The van der Waals surface area contributed by atoms with Crippen molar-refractivity contribution < 1.29 is 4.74 Å². The molecule has 2 rings (SSSR count). The van der Waals surface area contributed by atoms with Gasteiger partial charge in [0.05, 0.1) is 6.10 Å². The largest absolute Gasteiger partial charge is 0.377 e. The normalized spacial score (nSPS) is 26.4. The quantitative estimate of drug-likeness (QED) is 0.830. The molecule has 2 unspecified atom stereocenters. The van der Waals surface area contributed by atoms with Gasteiger partial charge in [0.25, 0.3) is 0 Å². The van der Waals surface area contributed by atoms with Crippen LogP contribution in [0.3, 0.4) is 0 Å². The first-order valence-electron chi connectivity index (χ1n) is 5.76. The molecule has 1 aromatic heterocycles. The lowest BCUT2D eigenvalue weighted by Gasteiger charge is -2.13. The van der Waals surface area contributed by atoms with Crippen LogP contribution in [0.15, 0.2) is 0 Å². The van der Waals surface area contributed by atoms with Crippen molar-refractivity contribution >= 4 is 0 Å². The third-order valence-electron chi connectivity index (χ3n) is 3.00. The molecule has 1 fully saturated rings. The zero-order valence-electron chi connectivity index (χ0n) is 9.66. The van der Waals surface area contributed by atoms with E-state index in [-0.39, 0.29) is 0 Å². The van der Waals surface area contributed by atoms with Gasteiger partial charge in [-0.2, -0.15) is 5.10 Å². The number of nitrogens with one attached hydrogen (secondary N) is 1. The summed E-state index contributed by atoms with van der Waals surface area (Å²) < 4.78 is 5.65. The minimum atomic E-state index is 0.318. The Morgan fingerprint density at radius 2 is 2.33 bits per heavy atom. The van der Waals surface area contributed by atoms with Crippen molar-refractivity contribution in [1.82, 2.24) is 15.2 Å². The predicted molar refractivity (Wildman–Crippen MR) is 57.9 cm³/mol. The molecule has 1 saturated heterocycles. The van der Waals surface area contributed by atoms with Crippen LogP contribution in [0.1, 0.15) is 57.1 Å². The maximum atomic E-state index is 5.65. The molecular weight excluding hydrogens is 190 g/mol. The van der Waals surface area contributed by atoms with Gasteiger partial charge < -0.3 is 4.74 Å². The topological polar surface area (TPSA) is 50.8 Å². The molecule has 2 heterocycles. The fourth-order valence-electron chi connectivity index (χ4n) is 2.08. The van der Waals surface area contributed by atoms with Gasteiger partial charge in [0.2, 0.25) is 0 Å². The number of aromatic amines is 1. The highest BCUT2D eigenvalue weighted by molar-refractivity contribution is 5.04. The SMILES string of the molecule is CCC1OCCC1c1nc(C(C)C)n[nH]1. The number of hydrogen-bond acceptors (Lipinski definition) is 3. The van der Waals surface area contributed by atoms with Gasteiger partial charge in [-0.25, -0.2) is 4.98 Å². The number of ether oxygens (including phenoxy) is 1. The lowest BCUT2D eigenvalue weighted by atomic mass is 9.99. The number of nitrogens with zero attached hydrogens (tertiary/aromatic N) is 2. The Bertz CT molecular complexity index is 321. The van der Waals surface area contributed by atoms with Crippen LogP contribution in [-0.4, -0.2) is 27.9 Å². The van der Waals surface area contributed by atoms with E-state index in [9.17, 15) is 0 Å². The Balaban J connectivity index is 2.14. The second-order valence-corrected chi connectivity index (χ2v) is 4.45. The first-order chi connectivity index (χ1) is 7.22. The monoisotopic (exact) mass is 209 g/mol. The van der Waals surface area contributed by atoms with Gasteiger partial charge in [0, 0.05) is 18.4 Å². The summed E-state index contributed by atoms with van der Waals surface area (Å²) in [7, 11) is 0. The third-order valence-corrected chi connectivity index (χ3v) is 3.00. The minimum absolute atomic E-state index is 0.318. The Morgan fingerprint density at radius 3 is 2.93 bits per heavy atom. The molecule has 1 aromatic rings. The molecule has 0 saturated carbocycles. The van der Waals surface area contributed by atoms with Crippen molar-refractivity contribution in [3.05, 3.63) is 11.6 Å². The molecule has 0 radical (unpaired) electrons. The number of aromatic nitrogens is 3. The maximum Gasteiger partial charge on any atom is 0.153 e. The smallest absolute Gasteiger partial charge is 0.153 e. The van der Waals surface area contributed by atoms with Gasteiger partial charge >= 0.3 is 0 Å². The van der Waals surface area contributed by atoms with Crippen LogP contribution in [0.4, 0.5) is 0 Å². The molecule has 15 heavy (non-hydrogen) atoms. The fourth-order valence-corrected chi connectivity index (χ4v) is 2.08. The van der Waals surface area contributed by atoms with Gasteiger partial charge in [0.15, 0.2) is 5.82 Å². The Morgan fingerprint density at radius 1 is 1.53 bits per heavy atom. The van der Waals surface area contributed by atoms with E-state index >= 15 is 0 Å². The highest BCUT2D eigenvalue weighted by Crippen LogP contribution is 2.31. The Hall–Kier alpha value is -0.900. The first-order valence-corrected chi connectivity index (χ1v) is 5.76. The van der Waals surface area contributed by atoms with E-state index in [2.05, 4.69) is 36.0 Å². The van der Waals surface area contributed by atoms with Crippen LogP contribution < -0.4 is 0 Å². The van der Waals surface area contributed by atoms with E-state index in [0.29, 0.717) is 17.9 Å². The highest BCUT2D eigenvalue weighted by atomic mass is 16.5. The Labute approximate surface area is 90.4 Å². The van der Waals surface area contributed by atoms with E-state index < -0.39 is 0 Å². The summed E-state index contributed by atoms with van der Waals surface area (Å²) in [5.74, 6) is 2.71. The molecule has 2 atom stereocenters. The molecule has 4 heteroatoms. The van der Waals surface area contributed by atoms with Gasteiger partial charge in [-0.05, 0) is 12.8 Å². The molecule has 0 spiro atoms. The zero-order valence-corrected chi connectivity index (χ0v) is 9.66. The number of rotatable bonds is 3. The molecule has 0 bridgehead atoms. The predicted octanol–water partition coefficient (Wildman–Crippen LogP) is 2.21. The van der Waals surface area contributed by atoms with Crippen molar-refractivity contribution in [1.29, 1.82) is 0 Å². The van der Waals surface area contributed by atoms with Gasteiger partial charge in [-0.15, -0.1) is 0 Å². The van der Waals surface area contributed by atoms with Crippen molar-refractivity contribution in [3.8, 4) is 0 Å². The molecule has 4 nitrogen and oxygen atoms in total. The van der Waals surface area contributed by atoms with E-state index in [4.69, 9.17) is 4.74 Å². The number of H-pyrrole nitrogens is 1. The summed E-state index contributed by atoms with van der Waals surface area (Å²) in [5.41, 5.74) is 0. The summed E-state index contributed by atoms with van der Waals surface area (Å²) >= 11 is 0. The Kier molecular flexibility index (Phi) is 3.05. The molecule has 1 aliphatic heterocycles. The number of hydrogen-bond donors (Lipinski definition) is 1. The second-order valence-electron chi connectivity index (χ2n) is 4.45. The molecule has 0 aliphatic carbocycles. The highest BCUT2D eigenvalue weighted by Gasteiger charge is 2.30. The van der Waals surface area contributed by atoms with Crippen molar-refractivity contribution in [2.75, 3.05) is 6.61 Å². The van der Waals surface area contributed by atoms with Gasteiger partial charge in [0.1, 0.15) is 5.82 Å². The molecular formula is C11H19N3O. The van der Waals surface area contributed by atoms with Crippen LogP contribution in [-0.2, 0) is 4.74 Å². The molecule has 0 aromatic carbocycles. The summed E-state index contributed by atoms with van der Waals surface area (Å²) in [6, 6.07) is 0. The molecule has 0 amide bonds. The third kappa shape index (κ3) is 2.04. The molecule has 84 valence electrons. The van der Waals surface area contributed by atoms with Crippen LogP contribution in [0.25, 0.3) is 0 Å². The fraction of sp³-hybridized carbons (Fsp3) is 0.818. The standard InChI is InChI=1S/C11H19N3O/c1-4-9-8(5-6-15-9)11-12-10(7(2)3)13-14-11/h7-9H,4-6H2,1-3H3,(H,12,13,14). The van der Waals surface area contributed by atoms with E-state index in [1.807, 2.05) is 0 Å². The summed E-state index contributed by atoms with van der Waals surface area (Å²) in [4.78, 5) is 4.54. The van der Waals surface area contributed by atoms with E-state index in [1.165, 1.54) is 0 Å². The lowest BCUT2D eigenvalue weighted by molar-refractivity contribution is 0.0994. The average molecular weight is 209 g/mol. The minimum Gasteiger partial charge on any atom is -0.377 e. The molecule has 1 N–H and O–H groups in total. The van der Waals surface area contributed by atoms with Crippen LogP contribution in [0.2, 0.25) is 0 Å². The van der Waals surface area contributed by atoms with E-state index in [1.54, 1.807) is 0 Å².